The molecule has 0 heterocycles. The van der Waals surface area contributed by atoms with Gasteiger partial charge in [-0.15, -0.1) is 11.8 Å². The fourth-order valence-electron chi connectivity index (χ4n) is 1.90. The number of hydrogen-bond donors (Lipinski definition) is 1. The molecule has 4 nitrogen and oxygen atoms in total. The monoisotopic (exact) mass is 329 g/mol. The first-order valence-electron chi connectivity index (χ1n) is 7.40. The van der Waals surface area contributed by atoms with Gasteiger partial charge in [0, 0.05) is 10.6 Å². The summed E-state index contributed by atoms with van der Waals surface area (Å²) in [6.07, 6.45) is 0. The van der Waals surface area contributed by atoms with Crippen LogP contribution in [0.15, 0.2) is 59.5 Å². The molecule has 0 unspecified atom stereocenters. The van der Waals surface area contributed by atoms with E-state index < -0.39 is 0 Å². The van der Waals surface area contributed by atoms with Crippen LogP contribution in [-0.2, 0) is 9.53 Å². The summed E-state index contributed by atoms with van der Waals surface area (Å²) in [6.45, 7) is 3.96. The van der Waals surface area contributed by atoms with Gasteiger partial charge in [-0.2, -0.15) is 0 Å². The average molecular weight is 329 g/mol. The third kappa shape index (κ3) is 5.14. The Hall–Kier alpha value is -2.27. The summed E-state index contributed by atoms with van der Waals surface area (Å²) >= 11 is 1.50. The fourth-order valence-corrected chi connectivity index (χ4v) is 2.79. The highest BCUT2D eigenvalue weighted by atomic mass is 32.2. The summed E-state index contributed by atoms with van der Waals surface area (Å²) in [6, 6.07) is 16.5. The van der Waals surface area contributed by atoms with E-state index in [1.807, 2.05) is 37.3 Å². The van der Waals surface area contributed by atoms with Crippen molar-refractivity contribution < 1.29 is 14.3 Å². The van der Waals surface area contributed by atoms with Crippen LogP contribution in [0.25, 0.3) is 0 Å². The Morgan fingerprint density at radius 2 is 1.74 bits per heavy atom. The number of rotatable bonds is 6. The Bertz CT molecular complexity index is 656. The first kappa shape index (κ1) is 17.1. The molecule has 120 valence electrons. The number of carbonyl (C=O) groups excluding carboxylic acids is 2. The van der Waals surface area contributed by atoms with Gasteiger partial charge in [0.05, 0.1) is 17.4 Å². The van der Waals surface area contributed by atoms with Gasteiger partial charge in [-0.25, -0.2) is 4.79 Å². The van der Waals surface area contributed by atoms with Crippen LogP contribution in [-0.4, -0.2) is 23.7 Å². The van der Waals surface area contributed by atoms with Crippen LogP contribution in [0.1, 0.15) is 24.2 Å². The van der Waals surface area contributed by atoms with E-state index in [0.717, 1.165) is 4.90 Å². The van der Waals surface area contributed by atoms with Gasteiger partial charge < -0.3 is 10.1 Å². The van der Waals surface area contributed by atoms with Crippen molar-refractivity contribution in [2.45, 2.75) is 24.0 Å². The summed E-state index contributed by atoms with van der Waals surface area (Å²) in [5.74, 6) is -0.443. The minimum absolute atomic E-state index is 0.0808. The zero-order valence-corrected chi connectivity index (χ0v) is 13.9. The lowest BCUT2D eigenvalue weighted by Gasteiger charge is -2.12. The van der Waals surface area contributed by atoms with Gasteiger partial charge in [0.2, 0.25) is 5.91 Å². The van der Waals surface area contributed by atoms with Crippen molar-refractivity contribution in [3.05, 3.63) is 60.2 Å². The average Bonchev–Trinajstić information content (AvgIpc) is 2.56. The Kier molecular flexibility index (Phi) is 6.23. The van der Waals surface area contributed by atoms with E-state index in [1.54, 1.807) is 31.2 Å². The molecule has 0 bridgehead atoms. The van der Waals surface area contributed by atoms with E-state index in [1.165, 1.54) is 11.8 Å². The van der Waals surface area contributed by atoms with Crippen LogP contribution >= 0.6 is 11.8 Å². The van der Waals surface area contributed by atoms with Crippen LogP contribution in [0.4, 0.5) is 5.69 Å². The molecule has 0 aliphatic heterocycles. The quantitative estimate of drug-likeness (QED) is 0.643. The third-order valence-corrected chi connectivity index (χ3v) is 4.20. The molecule has 1 N–H and O–H groups in total. The van der Waals surface area contributed by atoms with Crippen LogP contribution in [0.5, 0.6) is 0 Å². The van der Waals surface area contributed by atoms with E-state index in [4.69, 9.17) is 4.74 Å². The van der Waals surface area contributed by atoms with Crippen molar-refractivity contribution in [1.82, 2.24) is 0 Å². The molecule has 2 aromatic rings. The van der Waals surface area contributed by atoms with E-state index in [-0.39, 0.29) is 17.1 Å². The highest BCUT2D eigenvalue weighted by molar-refractivity contribution is 8.00. The highest BCUT2D eigenvalue weighted by Gasteiger charge is 2.14. The summed E-state index contributed by atoms with van der Waals surface area (Å²) in [4.78, 5) is 24.8. The minimum Gasteiger partial charge on any atom is -0.462 e. The zero-order valence-electron chi connectivity index (χ0n) is 13.1. The fraction of sp³-hybridized carbons (Fsp3) is 0.222. The number of nitrogens with one attached hydrogen (secondary N) is 1. The van der Waals surface area contributed by atoms with Crippen molar-refractivity contribution in [3.8, 4) is 0 Å². The van der Waals surface area contributed by atoms with Crippen LogP contribution in [0.3, 0.4) is 0 Å². The van der Waals surface area contributed by atoms with Gasteiger partial charge >= 0.3 is 5.97 Å². The van der Waals surface area contributed by atoms with Crippen LogP contribution in [0, 0.1) is 0 Å². The van der Waals surface area contributed by atoms with Crippen molar-refractivity contribution in [2.24, 2.45) is 0 Å². The van der Waals surface area contributed by atoms with Gasteiger partial charge in [-0.3, -0.25) is 4.79 Å². The molecule has 0 aliphatic rings. The van der Waals surface area contributed by atoms with Crippen LogP contribution in [0.2, 0.25) is 0 Å². The lowest BCUT2D eigenvalue weighted by molar-refractivity contribution is -0.115. The standard InChI is InChI=1S/C18H19NO3S/c1-3-22-18(21)14-9-11-15(12-10-14)19-17(20)13(2)23-16-7-5-4-6-8-16/h4-13H,3H2,1-2H3,(H,19,20)/t13-/m1/s1. The topological polar surface area (TPSA) is 55.4 Å². The molecule has 1 amide bonds. The molecule has 0 saturated heterocycles. The molecule has 2 rings (SSSR count). The lowest BCUT2D eigenvalue weighted by Crippen LogP contribution is -2.22. The van der Waals surface area contributed by atoms with Gasteiger partial charge in [0.15, 0.2) is 0 Å². The van der Waals surface area contributed by atoms with Crippen LogP contribution < -0.4 is 5.32 Å². The first-order valence-corrected chi connectivity index (χ1v) is 8.28. The predicted molar refractivity (Wildman–Crippen MR) is 92.8 cm³/mol. The second-order valence-corrected chi connectivity index (χ2v) is 6.27. The van der Waals surface area contributed by atoms with Crippen molar-refractivity contribution in [3.63, 3.8) is 0 Å². The molecule has 0 aliphatic carbocycles. The largest absolute Gasteiger partial charge is 0.462 e. The van der Waals surface area contributed by atoms with E-state index in [0.29, 0.717) is 17.9 Å². The summed E-state index contributed by atoms with van der Waals surface area (Å²) in [5, 5.41) is 2.63. The molecule has 0 radical (unpaired) electrons. The second kappa shape index (κ2) is 8.39. The maximum atomic E-state index is 12.2. The SMILES string of the molecule is CCOC(=O)c1ccc(NC(=O)[C@@H](C)Sc2ccccc2)cc1. The maximum absolute atomic E-state index is 12.2. The Labute approximate surface area is 140 Å². The lowest BCUT2D eigenvalue weighted by atomic mass is 10.2. The first-order chi connectivity index (χ1) is 11.1. The van der Waals surface area contributed by atoms with Crippen molar-refractivity contribution >= 4 is 29.3 Å². The van der Waals surface area contributed by atoms with E-state index in [9.17, 15) is 9.59 Å². The number of anilines is 1. The molecule has 0 spiro atoms. The smallest absolute Gasteiger partial charge is 0.338 e. The molecular weight excluding hydrogens is 310 g/mol. The molecule has 0 aromatic heterocycles. The normalized spacial score (nSPS) is 11.6. The number of hydrogen-bond acceptors (Lipinski definition) is 4. The van der Waals surface area contributed by atoms with Gasteiger partial charge in [0.25, 0.3) is 0 Å². The summed E-state index contributed by atoms with van der Waals surface area (Å²) < 4.78 is 4.92. The Morgan fingerprint density at radius 1 is 1.09 bits per heavy atom. The summed E-state index contributed by atoms with van der Waals surface area (Å²) in [5.41, 5.74) is 1.13. The zero-order chi connectivity index (χ0) is 16.7. The molecule has 5 heteroatoms. The van der Waals surface area contributed by atoms with E-state index in [2.05, 4.69) is 5.32 Å². The minimum atomic E-state index is -0.363. The molecule has 23 heavy (non-hydrogen) atoms. The number of carbonyl (C=O) groups is 2. The maximum Gasteiger partial charge on any atom is 0.338 e. The Balaban J connectivity index is 1.93. The number of ether oxygens (including phenoxy) is 1. The van der Waals surface area contributed by atoms with Gasteiger partial charge in [-0.05, 0) is 50.2 Å². The number of amides is 1. The third-order valence-electron chi connectivity index (χ3n) is 3.09. The van der Waals surface area contributed by atoms with Gasteiger partial charge in [0.1, 0.15) is 0 Å². The summed E-state index contributed by atoms with van der Waals surface area (Å²) in [7, 11) is 0. The molecule has 1 atom stereocenters. The van der Waals surface area contributed by atoms with E-state index >= 15 is 0 Å². The molecule has 0 fully saturated rings. The van der Waals surface area contributed by atoms with Crippen molar-refractivity contribution in [2.75, 3.05) is 11.9 Å². The highest BCUT2D eigenvalue weighted by Crippen LogP contribution is 2.23. The number of esters is 1. The Morgan fingerprint density at radius 3 is 2.35 bits per heavy atom. The van der Waals surface area contributed by atoms with Crippen molar-refractivity contribution in [1.29, 1.82) is 0 Å². The molecule has 0 saturated carbocycles. The molecule has 2 aromatic carbocycles. The van der Waals surface area contributed by atoms with Gasteiger partial charge in [-0.1, -0.05) is 18.2 Å². The molecular formula is C18H19NO3S. The second-order valence-electron chi connectivity index (χ2n) is 4.86. The number of thioether (sulfide) groups is 1. The number of benzene rings is 2. The predicted octanol–water partition coefficient (Wildman–Crippen LogP) is 3.98.